The standard InChI is InChI=1S/C30H45ClO2/c1-3-4-5-7-10-16-28(31)17-11-8-6-9-12-18-30(32)33-29-21-19-26(20-22-29)24-27-15-13-14-25(2)23-27/h14,19-23,28H,3-13,15-18,24H2,1-2H3. The second kappa shape index (κ2) is 17.0. The van der Waals surface area contributed by atoms with Crippen LogP contribution in [0.25, 0.3) is 0 Å². The Labute approximate surface area is 207 Å². The van der Waals surface area contributed by atoms with Gasteiger partial charge in [0, 0.05) is 11.8 Å². The maximum atomic E-state index is 12.1. The molecule has 1 aromatic carbocycles. The summed E-state index contributed by atoms with van der Waals surface area (Å²) in [6.07, 6.45) is 22.8. The molecule has 0 spiro atoms. The van der Waals surface area contributed by atoms with E-state index < -0.39 is 0 Å². The Morgan fingerprint density at radius 2 is 1.58 bits per heavy atom. The molecule has 1 aromatic rings. The fraction of sp³-hybridized carbons (Fsp3) is 0.633. The first-order valence-electron chi connectivity index (χ1n) is 13.4. The first-order valence-corrected chi connectivity index (χ1v) is 13.8. The molecular formula is C30H45ClO2. The van der Waals surface area contributed by atoms with E-state index in [1.54, 1.807) is 0 Å². The maximum absolute atomic E-state index is 12.1. The van der Waals surface area contributed by atoms with E-state index in [4.69, 9.17) is 16.3 Å². The molecule has 0 N–H and O–H groups in total. The van der Waals surface area contributed by atoms with Gasteiger partial charge in [0.15, 0.2) is 0 Å². The molecule has 0 bridgehead atoms. The van der Waals surface area contributed by atoms with Crippen molar-refractivity contribution in [2.75, 3.05) is 0 Å². The SMILES string of the molecule is CCCCCCCC(Cl)CCCCCCCC(=O)Oc1ccc(CC2=CC(C)=CCC2)cc1. The molecule has 184 valence electrons. The normalized spacial score (nSPS) is 14.5. The van der Waals surface area contributed by atoms with E-state index in [0.29, 0.717) is 17.5 Å². The van der Waals surface area contributed by atoms with Crippen LogP contribution in [0.5, 0.6) is 5.75 Å². The minimum absolute atomic E-state index is 0.123. The maximum Gasteiger partial charge on any atom is 0.311 e. The fourth-order valence-corrected chi connectivity index (χ4v) is 4.79. The molecule has 0 heterocycles. The number of esters is 1. The second-order valence-corrected chi connectivity index (χ2v) is 10.3. The lowest BCUT2D eigenvalue weighted by molar-refractivity contribution is -0.134. The van der Waals surface area contributed by atoms with Gasteiger partial charge < -0.3 is 4.74 Å². The summed E-state index contributed by atoms with van der Waals surface area (Å²) in [7, 11) is 0. The van der Waals surface area contributed by atoms with Crippen LogP contribution in [0.3, 0.4) is 0 Å². The summed E-state index contributed by atoms with van der Waals surface area (Å²) in [5.41, 5.74) is 4.10. The second-order valence-electron chi connectivity index (χ2n) is 9.69. The monoisotopic (exact) mass is 472 g/mol. The largest absolute Gasteiger partial charge is 0.427 e. The molecule has 1 unspecified atom stereocenters. The Morgan fingerprint density at radius 3 is 2.24 bits per heavy atom. The average molecular weight is 473 g/mol. The Morgan fingerprint density at radius 1 is 0.939 bits per heavy atom. The number of unbranched alkanes of at least 4 members (excludes halogenated alkanes) is 8. The van der Waals surface area contributed by atoms with Gasteiger partial charge in [0.25, 0.3) is 0 Å². The van der Waals surface area contributed by atoms with Gasteiger partial charge in [-0.15, -0.1) is 11.6 Å². The Hall–Kier alpha value is -1.54. The number of allylic oxidation sites excluding steroid dienone is 4. The number of carbonyl (C=O) groups excluding carboxylic acids is 1. The van der Waals surface area contributed by atoms with E-state index in [1.807, 2.05) is 12.1 Å². The summed E-state index contributed by atoms with van der Waals surface area (Å²) in [5.74, 6) is 0.530. The van der Waals surface area contributed by atoms with Gasteiger partial charge in [0.05, 0.1) is 0 Å². The molecule has 3 heteroatoms. The number of hydrogen-bond donors (Lipinski definition) is 0. The highest BCUT2D eigenvalue weighted by atomic mass is 35.5. The minimum atomic E-state index is -0.123. The van der Waals surface area contributed by atoms with Crippen molar-refractivity contribution < 1.29 is 9.53 Å². The third-order valence-electron chi connectivity index (χ3n) is 6.47. The molecule has 2 nitrogen and oxygen atoms in total. The highest BCUT2D eigenvalue weighted by molar-refractivity contribution is 6.20. The van der Waals surface area contributed by atoms with Crippen LogP contribution in [0.2, 0.25) is 0 Å². The Balaban J connectivity index is 1.49. The van der Waals surface area contributed by atoms with Gasteiger partial charge in [0.2, 0.25) is 0 Å². The smallest absolute Gasteiger partial charge is 0.311 e. The fourth-order valence-electron chi connectivity index (χ4n) is 4.48. The minimum Gasteiger partial charge on any atom is -0.427 e. The highest BCUT2D eigenvalue weighted by Gasteiger charge is 2.08. The number of carbonyl (C=O) groups is 1. The average Bonchev–Trinajstić information content (AvgIpc) is 2.79. The van der Waals surface area contributed by atoms with Gasteiger partial charge in [-0.3, -0.25) is 4.79 Å². The van der Waals surface area contributed by atoms with Crippen LogP contribution < -0.4 is 4.74 Å². The van der Waals surface area contributed by atoms with E-state index in [2.05, 4.69) is 38.1 Å². The van der Waals surface area contributed by atoms with Gasteiger partial charge in [-0.2, -0.15) is 0 Å². The van der Waals surface area contributed by atoms with Crippen LogP contribution in [-0.4, -0.2) is 11.3 Å². The predicted octanol–water partition coefficient (Wildman–Crippen LogP) is 9.50. The zero-order valence-corrected chi connectivity index (χ0v) is 21.8. The molecule has 0 saturated heterocycles. The van der Waals surface area contributed by atoms with E-state index in [9.17, 15) is 4.79 Å². The van der Waals surface area contributed by atoms with Crippen molar-refractivity contribution in [1.82, 2.24) is 0 Å². The van der Waals surface area contributed by atoms with Crippen LogP contribution >= 0.6 is 11.6 Å². The van der Waals surface area contributed by atoms with Crippen molar-refractivity contribution in [2.45, 2.75) is 122 Å². The first kappa shape index (κ1) is 27.7. The number of benzene rings is 1. The molecule has 0 fully saturated rings. The molecule has 2 rings (SSSR count). The summed E-state index contributed by atoms with van der Waals surface area (Å²) in [6.45, 7) is 4.41. The third-order valence-corrected chi connectivity index (χ3v) is 6.91. The number of alkyl halides is 1. The number of rotatable bonds is 17. The number of ether oxygens (including phenoxy) is 1. The van der Waals surface area contributed by atoms with Gasteiger partial charge in [-0.1, -0.05) is 100 Å². The zero-order chi connectivity index (χ0) is 23.7. The predicted molar refractivity (Wildman–Crippen MR) is 142 cm³/mol. The number of halogens is 1. The van der Waals surface area contributed by atoms with E-state index >= 15 is 0 Å². The third kappa shape index (κ3) is 13.1. The Kier molecular flexibility index (Phi) is 14.3. The molecule has 0 aliphatic heterocycles. The van der Waals surface area contributed by atoms with Gasteiger partial charge in [-0.25, -0.2) is 0 Å². The summed E-state index contributed by atoms with van der Waals surface area (Å²) >= 11 is 6.45. The van der Waals surface area contributed by atoms with Crippen molar-refractivity contribution in [2.24, 2.45) is 0 Å². The van der Waals surface area contributed by atoms with Crippen LogP contribution in [0, 0.1) is 0 Å². The van der Waals surface area contributed by atoms with Gasteiger partial charge in [0.1, 0.15) is 5.75 Å². The molecule has 0 aromatic heterocycles. The topological polar surface area (TPSA) is 26.3 Å². The van der Waals surface area contributed by atoms with Gasteiger partial charge >= 0.3 is 5.97 Å². The molecule has 1 atom stereocenters. The van der Waals surface area contributed by atoms with E-state index in [1.165, 1.54) is 68.1 Å². The zero-order valence-electron chi connectivity index (χ0n) is 21.0. The molecule has 0 amide bonds. The van der Waals surface area contributed by atoms with Crippen LogP contribution in [-0.2, 0) is 11.2 Å². The van der Waals surface area contributed by atoms with Crippen LogP contribution in [0.15, 0.2) is 47.6 Å². The summed E-state index contributed by atoms with van der Waals surface area (Å²) < 4.78 is 5.52. The number of hydrogen-bond acceptors (Lipinski definition) is 2. The van der Waals surface area contributed by atoms with Crippen LogP contribution in [0.4, 0.5) is 0 Å². The molecule has 1 aliphatic rings. The van der Waals surface area contributed by atoms with Crippen molar-refractivity contribution in [1.29, 1.82) is 0 Å². The van der Waals surface area contributed by atoms with Crippen molar-refractivity contribution in [3.63, 3.8) is 0 Å². The lowest BCUT2D eigenvalue weighted by Crippen LogP contribution is -2.07. The lowest BCUT2D eigenvalue weighted by Gasteiger charge is -2.12. The quantitative estimate of drug-likeness (QED) is 0.0975. The molecule has 33 heavy (non-hydrogen) atoms. The molecule has 1 aliphatic carbocycles. The highest BCUT2D eigenvalue weighted by Crippen LogP contribution is 2.23. The summed E-state index contributed by atoms with van der Waals surface area (Å²) in [4.78, 5) is 12.1. The first-order chi connectivity index (χ1) is 16.1. The Bertz CT molecular complexity index is 732. The lowest BCUT2D eigenvalue weighted by atomic mass is 9.95. The van der Waals surface area contributed by atoms with Crippen molar-refractivity contribution >= 4 is 17.6 Å². The molecule has 0 saturated carbocycles. The summed E-state index contributed by atoms with van der Waals surface area (Å²) in [6, 6.07) is 8.00. The molecule has 0 radical (unpaired) electrons. The van der Waals surface area contributed by atoms with E-state index in [-0.39, 0.29) is 5.97 Å². The van der Waals surface area contributed by atoms with Crippen LogP contribution in [0.1, 0.15) is 116 Å². The summed E-state index contributed by atoms with van der Waals surface area (Å²) in [5, 5.41) is 0.341. The molecular weight excluding hydrogens is 428 g/mol. The van der Waals surface area contributed by atoms with Gasteiger partial charge in [-0.05, 0) is 63.1 Å². The van der Waals surface area contributed by atoms with E-state index in [0.717, 1.165) is 44.9 Å². The van der Waals surface area contributed by atoms with Crippen molar-refractivity contribution in [3.05, 3.63) is 53.1 Å². The van der Waals surface area contributed by atoms with Crippen molar-refractivity contribution in [3.8, 4) is 5.75 Å².